The molecule has 1 saturated carbocycles. The third-order valence-electron chi connectivity index (χ3n) is 5.18. The Balaban J connectivity index is 1.91. The fourth-order valence-corrected chi connectivity index (χ4v) is 3.55. The maximum absolute atomic E-state index is 4.36. The van der Waals surface area contributed by atoms with E-state index in [1.165, 1.54) is 43.4 Å². The Morgan fingerprint density at radius 2 is 1.95 bits per heavy atom. The maximum Gasteiger partial charge on any atom is 0.0540 e. The second-order valence-corrected chi connectivity index (χ2v) is 6.91. The van der Waals surface area contributed by atoms with E-state index in [9.17, 15) is 0 Å². The average Bonchev–Trinajstić information content (AvgIpc) is 2.63. The normalized spacial score (nSPS) is 25.7. The Bertz CT molecular complexity index is 422. The summed E-state index contributed by atoms with van der Waals surface area (Å²) >= 11 is 0. The predicted octanol–water partition coefficient (Wildman–Crippen LogP) is 3.98. The van der Waals surface area contributed by atoms with Crippen LogP contribution in [0.25, 0.3) is 0 Å². The van der Waals surface area contributed by atoms with E-state index in [1.54, 1.807) is 0 Å². The molecule has 0 bridgehead atoms. The Kier molecular flexibility index (Phi) is 5.25. The van der Waals surface area contributed by atoms with Crippen molar-refractivity contribution in [2.45, 2.75) is 71.9 Å². The lowest BCUT2D eigenvalue weighted by Gasteiger charge is -2.22. The molecule has 0 radical (unpaired) electrons. The fourth-order valence-electron chi connectivity index (χ4n) is 3.55. The van der Waals surface area contributed by atoms with Crippen molar-refractivity contribution >= 4 is 0 Å². The minimum Gasteiger partial charge on any atom is -0.307 e. The van der Waals surface area contributed by atoms with Gasteiger partial charge in [0.05, 0.1) is 6.20 Å². The van der Waals surface area contributed by atoms with E-state index >= 15 is 0 Å². The number of nitrogens with zero attached hydrogens (tertiary/aromatic N) is 2. The maximum atomic E-state index is 4.36. The Labute approximate surface area is 124 Å². The first-order chi connectivity index (χ1) is 9.49. The number of aryl methyl sites for hydroxylation is 1. The summed E-state index contributed by atoms with van der Waals surface area (Å²) in [5.74, 6) is 1.77. The first kappa shape index (κ1) is 15.6. The van der Waals surface area contributed by atoms with Crippen LogP contribution in [0.5, 0.6) is 0 Å². The van der Waals surface area contributed by atoms with Gasteiger partial charge < -0.3 is 5.32 Å². The summed E-state index contributed by atoms with van der Waals surface area (Å²) < 4.78 is 1.97. The van der Waals surface area contributed by atoms with Gasteiger partial charge in [-0.25, -0.2) is 0 Å². The summed E-state index contributed by atoms with van der Waals surface area (Å²) in [5.41, 5.74) is 2.62. The molecule has 0 saturated heterocycles. The van der Waals surface area contributed by atoms with Gasteiger partial charge in [-0.2, -0.15) is 5.10 Å². The lowest BCUT2D eigenvalue weighted by molar-refractivity contribution is 0.335. The molecule has 3 atom stereocenters. The van der Waals surface area contributed by atoms with E-state index < -0.39 is 0 Å². The van der Waals surface area contributed by atoms with Crippen LogP contribution in [-0.2, 0) is 7.05 Å². The molecule has 1 aliphatic rings. The van der Waals surface area contributed by atoms with Crippen molar-refractivity contribution in [3.63, 3.8) is 0 Å². The van der Waals surface area contributed by atoms with Gasteiger partial charge in [0.15, 0.2) is 0 Å². The van der Waals surface area contributed by atoms with E-state index in [4.69, 9.17) is 0 Å². The van der Waals surface area contributed by atoms with E-state index in [0.717, 1.165) is 11.8 Å². The highest BCUT2D eigenvalue weighted by atomic mass is 15.3. The molecular weight excluding hydrogens is 246 g/mol. The molecule has 1 aromatic heterocycles. The summed E-state index contributed by atoms with van der Waals surface area (Å²) in [6.45, 7) is 9.18. The first-order valence-electron chi connectivity index (χ1n) is 8.23. The van der Waals surface area contributed by atoms with E-state index in [-0.39, 0.29) is 0 Å². The summed E-state index contributed by atoms with van der Waals surface area (Å²) in [6, 6.07) is 1.08. The van der Waals surface area contributed by atoms with Crippen molar-refractivity contribution in [2.75, 3.05) is 0 Å². The molecule has 1 heterocycles. The molecule has 3 nitrogen and oxygen atoms in total. The van der Waals surface area contributed by atoms with Crippen LogP contribution in [0.1, 0.15) is 70.2 Å². The summed E-state index contributed by atoms with van der Waals surface area (Å²) in [5, 5.41) is 8.20. The van der Waals surface area contributed by atoms with Gasteiger partial charge in [0, 0.05) is 30.4 Å². The van der Waals surface area contributed by atoms with Gasteiger partial charge in [0.2, 0.25) is 0 Å². The highest BCUT2D eigenvalue weighted by molar-refractivity contribution is 5.19. The highest BCUT2D eigenvalue weighted by Gasteiger charge is 2.23. The van der Waals surface area contributed by atoms with Crippen LogP contribution in [0.3, 0.4) is 0 Å². The number of hydrogen-bond donors (Lipinski definition) is 1. The number of nitrogens with one attached hydrogen (secondary N) is 1. The van der Waals surface area contributed by atoms with E-state index in [1.807, 2.05) is 17.9 Å². The van der Waals surface area contributed by atoms with Gasteiger partial charge >= 0.3 is 0 Å². The molecule has 20 heavy (non-hydrogen) atoms. The van der Waals surface area contributed by atoms with Crippen molar-refractivity contribution in [3.05, 3.63) is 17.5 Å². The molecule has 1 aliphatic carbocycles. The third kappa shape index (κ3) is 3.63. The lowest BCUT2D eigenvalue weighted by Crippen LogP contribution is -2.31. The van der Waals surface area contributed by atoms with Crippen molar-refractivity contribution < 1.29 is 0 Å². The monoisotopic (exact) mass is 277 g/mol. The number of rotatable bonds is 4. The quantitative estimate of drug-likeness (QED) is 0.844. The number of hydrogen-bond acceptors (Lipinski definition) is 2. The molecule has 3 heteroatoms. The summed E-state index contributed by atoms with van der Waals surface area (Å²) in [4.78, 5) is 0. The van der Waals surface area contributed by atoms with Crippen LogP contribution in [0, 0.1) is 18.8 Å². The lowest BCUT2D eigenvalue weighted by atomic mass is 9.89. The van der Waals surface area contributed by atoms with Gasteiger partial charge in [-0.3, -0.25) is 4.68 Å². The van der Waals surface area contributed by atoms with Crippen molar-refractivity contribution in [3.8, 4) is 0 Å². The van der Waals surface area contributed by atoms with Crippen LogP contribution >= 0.6 is 0 Å². The molecule has 1 fully saturated rings. The Morgan fingerprint density at radius 1 is 1.20 bits per heavy atom. The molecule has 114 valence electrons. The molecule has 0 amide bonds. The summed E-state index contributed by atoms with van der Waals surface area (Å²) in [7, 11) is 2.02. The molecule has 3 unspecified atom stereocenters. The summed E-state index contributed by atoms with van der Waals surface area (Å²) in [6.07, 6.45) is 8.84. The van der Waals surface area contributed by atoms with Gasteiger partial charge in [0.1, 0.15) is 0 Å². The van der Waals surface area contributed by atoms with Crippen molar-refractivity contribution in [2.24, 2.45) is 18.9 Å². The van der Waals surface area contributed by atoms with Crippen LogP contribution < -0.4 is 5.32 Å². The second kappa shape index (κ2) is 6.75. The number of aromatic nitrogens is 2. The Hall–Kier alpha value is -0.830. The highest BCUT2D eigenvalue weighted by Crippen LogP contribution is 2.30. The SMILES string of the molecule is Cc1c(C(C)NC2CCCC(C(C)C)CC2)cnn1C. The zero-order valence-corrected chi connectivity index (χ0v) is 13.8. The van der Waals surface area contributed by atoms with Gasteiger partial charge in [-0.15, -0.1) is 0 Å². The van der Waals surface area contributed by atoms with E-state index in [2.05, 4.69) is 38.1 Å². The first-order valence-corrected chi connectivity index (χ1v) is 8.23. The molecule has 1 N–H and O–H groups in total. The van der Waals surface area contributed by atoms with Crippen molar-refractivity contribution in [1.29, 1.82) is 0 Å². The molecule has 2 rings (SSSR count). The molecular formula is C17H31N3. The second-order valence-electron chi connectivity index (χ2n) is 6.91. The minimum atomic E-state index is 0.407. The molecule has 1 aromatic rings. The van der Waals surface area contributed by atoms with Crippen LogP contribution in [0.2, 0.25) is 0 Å². The van der Waals surface area contributed by atoms with Crippen LogP contribution in [0.15, 0.2) is 6.20 Å². The third-order valence-corrected chi connectivity index (χ3v) is 5.18. The fraction of sp³-hybridized carbons (Fsp3) is 0.824. The largest absolute Gasteiger partial charge is 0.307 e. The predicted molar refractivity (Wildman–Crippen MR) is 84.7 cm³/mol. The van der Waals surface area contributed by atoms with Gasteiger partial charge in [-0.1, -0.05) is 26.7 Å². The smallest absolute Gasteiger partial charge is 0.0540 e. The van der Waals surface area contributed by atoms with Gasteiger partial charge in [-0.05, 0) is 44.9 Å². The minimum absolute atomic E-state index is 0.407. The molecule has 0 aliphatic heterocycles. The topological polar surface area (TPSA) is 29.9 Å². The zero-order chi connectivity index (χ0) is 14.7. The standard InChI is InChI=1S/C17H31N3/c1-12(2)15-7-6-8-16(10-9-15)19-13(3)17-11-18-20(5)14(17)4/h11-13,15-16,19H,6-10H2,1-5H3. The van der Waals surface area contributed by atoms with Crippen LogP contribution in [-0.4, -0.2) is 15.8 Å². The van der Waals surface area contributed by atoms with Crippen LogP contribution in [0.4, 0.5) is 0 Å². The Morgan fingerprint density at radius 3 is 2.55 bits per heavy atom. The average molecular weight is 277 g/mol. The van der Waals surface area contributed by atoms with E-state index in [0.29, 0.717) is 12.1 Å². The molecule has 0 spiro atoms. The van der Waals surface area contributed by atoms with Gasteiger partial charge in [0.25, 0.3) is 0 Å². The molecule has 0 aromatic carbocycles. The van der Waals surface area contributed by atoms with Crippen molar-refractivity contribution in [1.82, 2.24) is 15.1 Å². The zero-order valence-electron chi connectivity index (χ0n) is 13.8.